The fraction of sp³-hybridized carbons (Fsp3) is 0.455. The average Bonchev–Trinajstić information content (AvgIpc) is 2.99. The highest BCUT2D eigenvalue weighted by molar-refractivity contribution is 9.08. The van der Waals surface area contributed by atoms with E-state index in [1.54, 1.807) is 0 Å². The van der Waals surface area contributed by atoms with Crippen molar-refractivity contribution in [2.75, 3.05) is 12.4 Å². The van der Waals surface area contributed by atoms with Crippen LogP contribution in [-0.4, -0.2) is 7.05 Å². The second kappa shape index (κ2) is 3.70. The smallest absolute Gasteiger partial charge is 0.0381 e. The molecule has 0 spiro atoms. The number of alkyl halides is 1. The number of halogens is 1. The van der Waals surface area contributed by atoms with Crippen molar-refractivity contribution in [3.05, 3.63) is 29.3 Å². The van der Waals surface area contributed by atoms with Gasteiger partial charge in [-0.05, 0) is 36.0 Å². The highest BCUT2D eigenvalue weighted by atomic mass is 79.9. The Morgan fingerprint density at radius 2 is 2.23 bits per heavy atom. The fourth-order valence-electron chi connectivity index (χ4n) is 1.76. The highest BCUT2D eigenvalue weighted by Gasteiger charge is 2.26. The van der Waals surface area contributed by atoms with Crippen LogP contribution in [0.3, 0.4) is 0 Å². The Labute approximate surface area is 87.7 Å². The number of anilines is 1. The van der Waals surface area contributed by atoms with Gasteiger partial charge in [-0.2, -0.15) is 0 Å². The van der Waals surface area contributed by atoms with E-state index in [1.807, 2.05) is 7.05 Å². The molecule has 1 nitrogen and oxygen atoms in total. The van der Waals surface area contributed by atoms with Gasteiger partial charge in [0.15, 0.2) is 0 Å². The maximum atomic E-state index is 3.56. The Kier molecular flexibility index (Phi) is 2.58. The molecule has 1 fully saturated rings. The van der Waals surface area contributed by atoms with Gasteiger partial charge >= 0.3 is 0 Å². The molecule has 0 aliphatic heterocycles. The Morgan fingerprint density at radius 3 is 2.77 bits per heavy atom. The zero-order valence-corrected chi connectivity index (χ0v) is 9.39. The summed E-state index contributed by atoms with van der Waals surface area (Å²) in [5, 5.41) is 4.19. The molecule has 13 heavy (non-hydrogen) atoms. The number of benzene rings is 1. The summed E-state index contributed by atoms with van der Waals surface area (Å²) < 4.78 is 0. The molecule has 0 atom stereocenters. The summed E-state index contributed by atoms with van der Waals surface area (Å²) in [7, 11) is 1.98. The Bertz CT molecular complexity index is 305. The van der Waals surface area contributed by atoms with Crippen LogP contribution in [-0.2, 0) is 5.33 Å². The van der Waals surface area contributed by atoms with Crippen LogP contribution < -0.4 is 5.32 Å². The van der Waals surface area contributed by atoms with Crippen molar-refractivity contribution in [1.82, 2.24) is 0 Å². The lowest BCUT2D eigenvalue weighted by atomic mass is 10.0. The van der Waals surface area contributed by atoms with Crippen molar-refractivity contribution in [3.63, 3.8) is 0 Å². The van der Waals surface area contributed by atoms with Gasteiger partial charge in [-0.15, -0.1) is 0 Å². The summed E-state index contributed by atoms with van der Waals surface area (Å²) in [6.45, 7) is 0. The van der Waals surface area contributed by atoms with Crippen LogP contribution in [0, 0.1) is 0 Å². The molecule has 1 aliphatic rings. The lowest BCUT2D eigenvalue weighted by molar-refractivity contribution is 1.09. The molecule has 1 N–H and O–H groups in total. The average molecular weight is 240 g/mol. The van der Waals surface area contributed by atoms with Crippen molar-refractivity contribution in [1.29, 1.82) is 0 Å². The molecule has 1 aliphatic carbocycles. The van der Waals surface area contributed by atoms with Gasteiger partial charge in [0, 0.05) is 18.1 Å². The van der Waals surface area contributed by atoms with E-state index in [-0.39, 0.29) is 0 Å². The van der Waals surface area contributed by atoms with Gasteiger partial charge in [0.25, 0.3) is 0 Å². The van der Waals surface area contributed by atoms with E-state index in [4.69, 9.17) is 0 Å². The molecule has 0 amide bonds. The zero-order chi connectivity index (χ0) is 9.26. The predicted molar refractivity (Wildman–Crippen MR) is 60.6 cm³/mol. The number of rotatable bonds is 3. The molecular formula is C11H14BrN. The summed E-state index contributed by atoms with van der Waals surface area (Å²) in [6.07, 6.45) is 2.74. The normalized spacial score (nSPS) is 15.8. The predicted octanol–water partition coefficient (Wildman–Crippen LogP) is 3.50. The second-order valence-electron chi connectivity index (χ2n) is 3.53. The minimum absolute atomic E-state index is 0.834. The first-order valence-electron chi connectivity index (χ1n) is 4.72. The van der Waals surface area contributed by atoms with Crippen molar-refractivity contribution in [2.45, 2.75) is 24.1 Å². The largest absolute Gasteiger partial charge is 0.388 e. The van der Waals surface area contributed by atoms with E-state index in [1.165, 1.54) is 29.7 Å². The van der Waals surface area contributed by atoms with E-state index < -0.39 is 0 Å². The molecule has 0 bridgehead atoms. The van der Waals surface area contributed by atoms with E-state index >= 15 is 0 Å². The maximum absolute atomic E-state index is 3.56. The zero-order valence-electron chi connectivity index (χ0n) is 7.81. The topological polar surface area (TPSA) is 12.0 Å². The number of hydrogen-bond acceptors (Lipinski definition) is 1. The molecule has 0 unspecified atom stereocenters. The quantitative estimate of drug-likeness (QED) is 0.797. The first-order chi connectivity index (χ1) is 6.36. The van der Waals surface area contributed by atoms with Gasteiger partial charge in [0.1, 0.15) is 0 Å². The van der Waals surface area contributed by atoms with Crippen LogP contribution >= 0.6 is 15.9 Å². The molecule has 1 saturated carbocycles. The van der Waals surface area contributed by atoms with Crippen LogP contribution in [0.15, 0.2) is 18.2 Å². The van der Waals surface area contributed by atoms with Gasteiger partial charge in [-0.3, -0.25) is 0 Å². The van der Waals surface area contributed by atoms with Crippen molar-refractivity contribution in [3.8, 4) is 0 Å². The lowest BCUT2D eigenvalue weighted by Crippen LogP contribution is -1.97. The van der Waals surface area contributed by atoms with Crippen LogP contribution in [0.4, 0.5) is 5.69 Å². The van der Waals surface area contributed by atoms with E-state index in [0.29, 0.717) is 0 Å². The lowest BCUT2D eigenvalue weighted by Gasteiger charge is -2.11. The summed E-state index contributed by atoms with van der Waals surface area (Å²) in [5.41, 5.74) is 4.23. The monoisotopic (exact) mass is 239 g/mol. The van der Waals surface area contributed by atoms with E-state index in [0.717, 1.165) is 11.2 Å². The third kappa shape index (κ3) is 1.73. The molecule has 0 radical (unpaired) electrons. The molecule has 1 aromatic rings. The number of nitrogens with one attached hydrogen (secondary N) is 1. The third-order valence-corrected chi connectivity index (χ3v) is 3.19. The molecule has 2 rings (SSSR count). The first-order valence-corrected chi connectivity index (χ1v) is 5.84. The Hall–Kier alpha value is -0.500. The summed E-state index contributed by atoms with van der Waals surface area (Å²) in [4.78, 5) is 0. The second-order valence-corrected chi connectivity index (χ2v) is 4.09. The van der Waals surface area contributed by atoms with Gasteiger partial charge in [0.2, 0.25) is 0 Å². The highest BCUT2D eigenvalue weighted by Crippen LogP contribution is 2.43. The maximum Gasteiger partial charge on any atom is 0.0381 e. The van der Waals surface area contributed by atoms with Crippen molar-refractivity contribution < 1.29 is 0 Å². The summed E-state index contributed by atoms with van der Waals surface area (Å²) >= 11 is 3.56. The first kappa shape index (κ1) is 9.07. The van der Waals surface area contributed by atoms with E-state index in [9.17, 15) is 0 Å². The van der Waals surface area contributed by atoms with Gasteiger partial charge in [0.05, 0.1) is 0 Å². The standard InChI is InChI=1S/C11H14BrN/c1-13-11-4-2-3-9(8-5-6-8)10(11)7-12/h2-4,8,13H,5-7H2,1H3. The molecule has 70 valence electrons. The van der Waals surface area contributed by atoms with Gasteiger partial charge in [-0.1, -0.05) is 28.1 Å². The minimum atomic E-state index is 0.834. The molecular weight excluding hydrogens is 226 g/mol. The van der Waals surface area contributed by atoms with Gasteiger partial charge in [-0.25, -0.2) is 0 Å². The summed E-state index contributed by atoms with van der Waals surface area (Å²) in [5.74, 6) is 0.834. The van der Waals surface area contributed by atoms with Gasteiger partial charge < -0.3 is 5.32 Å². The van der Waals surface area contributed by atoms with Crippen molar-refractivity contribution >= 4 is 21.6 Å². The number of hydrogen-bond donors (Lipinski definition) is 1. The molecule has 0 aromatic heterocycles. The molecule has 0 saturated heterocycles. The van der Waals surface area contributed by atoms with E-state index in [2.05, 4.69) is 39.4 Å². The van der Waals surface area contributed by atoms with Crippen LogP contribution in [0.1, 0.15) is 29.9 Å². The molecule has 2 heteroatoms. The molecule has 0 heterocycles. The summed E-state index contributed by atoms with van der Waals surface area (Å²) in [6, 6.07) is 6.54. The fourth-order valence-corrected chi connectivity index (χ4v) is 2.39. The third-order valence-electron chi connectivity index (χ3n) is 2.63. The Morgan fingerprint density at radius 1 is 1.46 bits per heavy atom. The molecule has 1 aromatic carbocycles. The van der Waals surface area contributed by atoms with Crippen LogP contribution in [0.2, 0.25) is 0 Å². The SMILES string of the molecule is CNc1cccc(C2CC2)c1CBr. The Balaban J connectivity index is 2.41. The van der Waals surface area contributed by atoms with Crippen molar-refractivity contribution in [2.24, 2.45) is 0 Å². The van der Waals surface area contributed by atoms with Crippen LogP contribution in [0.5, 0.6) is 0 Å². The minimum Gasteiger partial charge on any atom is -0.388 e. The van der Waals surface area contributed by atoms with Crippen LogP contribution in [0.25, 0.3) is 0 Å².